The Morgan fingerprint density at radius 1 is 0.389 bits per heavy atom. The fourth-order valence-corrected chi connectivity index (χ4v) is 13.0. The van der Waals surface area contributed by atoms with Gasteiger partial charge in [-0.3, -0.25) is 0 Å². The molecule has 12 aromatic heterocycles. The molecular weight excluding hydrogens is 1170 g/mol. The van der Waals surface area contributed by atoms with Gasteiger partial charge in [-0.2, -0.15) is 0 Å². The highest BCUT2D eigenvalue weighted by Gasteiger charge is 2.27. The van der Waals surface area contributed by atoms with Gasteiger partial charge in [0.15, 0.2) is 47.1 Å². The lowest BCUT2D eigenvalue weighted by Gasteiger charge is -2.10. The lowest BCUT2D eigenvalue weighted by molar-refractivity contribution is -0.660. The molecule has 0 N–H and O–H groups in total. The molecule has 0 aliphatic carbocycles. The minimum absolute atomic E-state index is 0.173. The van der Waals surface area contributed by atoms with Crippen LogP contribution in [0.2, 0.25) is 0 Å². The highest BCUT2D eigenvalue weighted by molar-refractivity contribution is 6.12. The van der Waals surface area contributed by atoms with Gasteiger partial charge >= 0.3 is 0 Å². The molecule has 474 valence electrons. The summed E-state index contributed by atoms with van der Waals surface area (Å²) in [6.45, 7) is 17.2. The number of pyridine rings is 8. The lowest BCUT2D eigenvalue weighted by Crippen LogP contribution is -2.31. The number of nitrogens with zero attached hydrogens (tertiary/aromatic N) is 8. The Morgan fingerprint density at radius 3 is 1.35 bits per heavy atom. The first kappa shape index (κ1) is 54.8. The van der Waals surface area contributed by atoms with Gasteiger partial charge in [-0.25, -0.2) is 38.2 Å². The van der Waals surface area contributed by atoms with Crippen LogP contribution in [-0.4, -0.2) is 19.9 Å². The third-order valence-electron chi connectivity index (χ3n) is 18.1. The van der Waals surface area contributed by atoms with Crippen LogP contribution in [0.25, 0.3) is 133 Å². The molecule has 1 unspecified atom stereocenters. The summed E-state index contributed by atoms with van der Waals surface area (Å²) in [4.78, 5) is 17.9. The molecule has 0 fully saturated rings. The van der Waals surface area contributed by atoms with Crippen LogP contribution in [0.15, 0.2) is 194 Å². The molecule has 12 heteroatoms. The quantitative estimate of drug-likeness (QED) is 0.151. The number of aryl methyl sites for hydroxylation is 13. The minimum atomic E-state index is -2.52. The summed E-state index contributed by atoms with van der Waals surface area (Å²) in [5, 5.41) is 7.63. The van der Waals surface area contributed by atoms with Crippen molar-refractivity contribution in [3.8, 4) is 45.0 Å². The molecule has 12 nitrogen and oxygen atoms in total. The van der Waals surface area contributed by atoms with Crippen LogP contribution in [0.5, 0.6) is 0 Å². The van der Waals surface area contributed by atoms with E-state index in [2.05, 4.69) is 206 Å². The van der Waals surface area contributed by atoms with E-state index in [1.54, 1.807) is 61.3 Å². The maximum absolute atomic E-state index is 8.49. The summed E-state index contributed by atoms with van der Waals surface area (Å²) in [5.74, 6) is -1.34. The standard InChI is InChI=1S/2C22H23N2O.C20H19N2O.C19H17N2O/c1-13(2)16-10-11-24(5)19(12-16)20-14(3)6-8-17-18-9-7-15(4)23-22(18)25-21(17)20;1-13(2)16-8-10-24(5)18(12-16)20-15(4)11-14(3)19-17-7-6-9-23-22(17)25-21(19)20;1-12-5-10-17(22(4)11-12)18-13(2)6-8-15-16-9-7-14(3)21-20(16)23-19(15)18;1-12-7-9-14-15-10-8-13(2)20-19(15)22-18(14)17(12)16-6-4-5-11-21(16)3/h2*6-13H,1-5H3;5-11H,1-4H3;4-11H,1-3H3/q4*+1/i;1D3,3D3,13D;;. The predicted molar refractivity (Wildman–Crippen MR) is 383 cm³/mol. The van der Waals surface area contributed by atoms with Crippen molar-refractivity contribution in [1.29, 1.82) is 0 Å². The Morgan fingerprint density at radius 2 is 0.853 bits per heavy atom. The third-order valence-corrected chi connectivity index (χ3v) is 18.1. The van der Waals surface area contributed by atoms with Crippen LogP contribution in [-0.2, 0) is 28.2 Å². The highest BCUT2D eigenvalue weighted by atomic mass is 16.4. The number of furan rings is 4. The molecule has 0 saturated carbocycles. The van der Waals surface area contributed by atoms with E-state index in [0.717, 1.165) is 94.2 Å². The maximum atomic E-state index is 8.49. The summed E-state index contributed by atoms with van der Waals surface area (Å²) in [5.41, 5.74) is 24.0. The van der Waals surface area contributed by atoms with Gasteiger partial charge in [0.2, 0.25) is 45.6 Å². The van der Waals surface area contributed by atoms with Crippen LogP contribution < -0.4 is 18.3 Å². The van der Waals surface area contributed by atoms with Crippen LogP contribution in [0.4, 0.5) is 0 Å². The minimum Gasteiger partial charge on any atom is -0.437 e. The van der Waals surface area contributed by atoms with E-state index >= 15 is 0 Å². The Hall–Kier alpha value is -10.7. The smallest absolute Gasteiger partial charge is 0.227 e. The molecule has 16 rings (SSSR count). The monoisotopic (exact) mass is 1260 g/mol. The Kier molecular flexibility index (Phi) is 14.6. The molecule has 95 heavy (non-hydrogen) atoms. The molecule has 0 bridgehead atoms. The van der Waals surface area contributed by atoms with E-state index in [-0.39, 0.29) is 5.56 Å². The van der Waals surface area contributed by atoms with E-state index < -0.39 is 19.6 Å². The molecule has 0 amide bonds. The zero-order valence-electron chi connectivity index (χ0n) is 63.5. The van der Waals surface area contributed by atoms with E-state index in [1.807, 2.05) is 45.0 Å². The largest absolute Gasteiger partial charge is 0.437 e. The average molecular weight is 1260 g/mol. The first-order valence-electron chi connectivity index (χ1n) is 35.5. The number of hydrogen-bond acceptors (Lipinski definition) is 8. The van der Waals surface area contributed by atoms with Crippen LogP contribution >= 0.6 is 0 Å². The Balaban J connectivity index is 0.000000123. The second-order valence-corrected chi connectivity index (χ2v) is 25.4. The molecule has 0 aliphatic rings. The number of fused-ring (bicyclic) bond motifs is 12. The fourth-order valence-electron chi connectivity index (χ4n) is 13.0. The van der Waals surface area contributed by atoms with Gasteiger partial charge in [0.25, 0.3) is 0 Å². The molecule has 0 radical (unpaired) electrons. The Labute approximate surface area is 564 Å². The summed E-state index contributed by atoms with van der Waals surface area (Å²) in [6, 6.07) is 48.6. The Bertz CT molecular complexity index is 6000. The van der Waals surface area contributed by atoms with Crippen molar-refractivity contribution in [1.82, 2.24) is 19.9 Å². The normalized spacial score (nSPS) is 13.6. The first-order chi connectivity index (χ1) is 48.4. The maximum Gasteiger partial charge on any atom is 0.227 e. The zero-order valence-corrected chi connectivity index (χ0v) is 56.5. The molecule has 12 heterocycles. The molecule has 16 aromatic rings. The first-order valence-corrected chi connectivity index (χ1v) is 32.0. The number of hydrogen-bond donors (Lipinski definition) is 0. The fraction of sp³-hybridized carbons (Fsp3) is 0.229. The highest BCUT2D eigenvalue weighted by Crippen LogP contribution is 2.42. The van der Waals surface area contributed by atoms with Crippen molar-refractivity contribution >= 4 is 88.3 Å². The lowest BCUT2D eigenvalue weighted by atomic mass is 9.95. The van der Waals surface area contributed by atoms with Crippen molar-refractivity contribution in [3.63, 3.8) is 0 Å². The van der Waals surface area contributed by atoms with Crippen molar-refractivity contribution in [3.05, 3.63) is 238 Å². The summed E-state index contributed by atoms with van der Waals surface area (Å²) in [7, 11) is 8.02. The van der Waals surface area contributed by atoms with Gasteiger partial charge < -0.3 is 17.7 Å². The molecular formula is C83H82N8O4+4. The van der Waals surface area contributed by atoms with Crippen molar-refractivity contribution in [2.24, 2.45) is 28.2 Å². The van der Waals surface area contributed by atoms with Gasteiger partial charge in [-0.1, -0.05) is 70.1 Å². The van der Waals surface area contributed by atoms with Gasteiger partial charge in [0.1, 0.15) is 28.2 Å². The number of rotatable bonds is 6. The van der Waals surface area contributed by atoms with Crippen molar-refractivity contribution in [2.45, 2.75) is 102 Å². The molecule has 1 atom stereocenters. The summed E-state index contributed by atoms with van der Waals surface area (Å²) in [6.07, 6.45) is 9.60. The predicted octanol–water partition coefficient (Wildman–Crippen LogP) is 18.9. The van der Waals surface area contributed by atoms with E-state index in [1.165, 1.54) is 40.4 Å². The SMILES string of the molecule is Cc1ccc(-c2c(C)ccc3c2oc2nc(C)ccc23)[n+](C)c1.Cc1ccc2c(n1)oc1c(-c3cc(C(C)C)cc[n+]3C)c(C)ccc12.Cc1ccc2c(n1)oc1c(-c3cccc[n+]3C)c(C)ccc12.[2H]C([2H])([2H])c1cc(C)c(-c2cc(C([2H])(C)C([2H])([2H])[2H])cc[n+]2C)c2oc3ncccc3c12. The average Bonchev–Trinajstić information content (AvgIpc) is 1.52. The number of aromatic nitrogens is 8. The molecule has 4 aromatic carbocycles. The van der Waals surface area contributed by atoms with E-state index in [9.17, 15) is 0 Å². The number of benzene rings is 4. The van der Waals surface area contributed by atoms with E-state index in [4.69, 9.17) is 27.3 Å². The van der Waals surface area contributed by atoms with Crippen LogP contribution in [0.1, 0.15) is 111 Å². The van der Waals surface area contributed by atoms with Gasteiger partial charge in [-0.15, -0.1) is 0 Å². The molecule has 0 aliphatic heterocycles. The summed E-state index contributed by atoms with van der Waals surface area (Å²) < 4.78 is 88.8. The molecule has 0 spiro atoms. The topological polar surface area (TPSA) is 120 Å². The third kappa shape index (κ3) is 11.8. The second-order valence-electron chi connectivity index (χ2n) is 25.4. The second kappa shape index (κ2) is 25.3. The van der Waals surface area contributed by atoms with Gasteiger partial charge in [0.05, 0.1) is 22.3 Å². The van der Waals surface area contributed by atoms with Gasteiger partial charge in [-0.05, 0) is 174 Å². The zero-order chi connectivity index (χ0) is 72.8. The van der Waals surface area contributed by atoms with Crippen molar-refractivity contribution < 1.29 is 45.5 Å². The molecule has 0 saturated heterocycles. The summed E-state index contributed by atoms with van der Waals surface area (Å²) >= 11 is 0. The van der Waals surface area contributed by atoms with Crippen LogP contribution in [0.3, 0.4) is 0 Å². The van der Waals surface area contributed by atoms with Crippen molar-refractivity contribution in [2.75, 3.05) is 0 Å². The van der Waals surface area contributed by atoms with Crippen LogP contribution in [0, 0.1) is 62.2 Å². The van der Waals surface area contributed by atoms with Gasteiger partial charge in [0, 0.05) is 124 Å². The van der Waals surface area contributed by atoms with E-state index in [0.29, 0.717) is 67.5 Å².